The molecule has 0 saturated carbocycles. The summed E-state index contributed by atoms with van der Waals surface area (Å²) in [5, 5.41) is 11.7. The van der Waals surface area contributed by atoms with Gasteiger partial charge in [-0.1, -0.05) is 43.8 Å². The fourth-order valence-electron chi connectivity index (χ4n) is 3.19. The van der Waals surface area contributed by atoms with Crippen molar-refractivity contribution in [1.29, 1.82) is 0 Å². The second-order valence-electron chi connectivity index (χ2n) is 8.39. The molecule has 0 spiro atoms. The van der Waals surface area contributed by atoms with E-state index < -0.39 is 15.8 Å². The molecule has 0 aliphatic heterocycles. The molecule has 3 aromatic rings. The molecule has 2 aromatic carbocycles. The van der Waals surface area contributed by atoms with Crippen LogP contribution in [0, 0.1) is 18.7 Å². The number of aryl methyl sites for hydroxylation is 1. The zero-order chi connectivity index (χ0) is 25.0. The lowest BCUT2D eigenvalue weighted by molar-refractivity contribution is -0.113. The van der Waals surface area contributed by atoms with Gasteiger partial charge in [-0.3, -0.25) is 4.79 Å². The summed E-state index contributed by atoms with van der Waals surface area (Å²) in [4.78, 5) is 12.8. The van der Waals surface area contributed by atoms with Crippen LogP contribution in [0.1, 0.15) is 19.4 Å². The summed E-state index contributed by atoms with van der Waals surface area (Å²) in [6.45, 7) is 6.41. The average Bonchev–Trinajstić information content (AvgIpc) is 3.15. The van der Waals surface area contributed by atoms with E-state index in [9.17, 15) is 17.6 Å². The van der Waals surface area contributed by atoms with Crippen molar-refractivity contribution < 1.29 is 17.6 Å². The molecule has 0 unspecified atom stereocenters. The second kappa shape index (κ2) is 10.7. The SMILES string of the molecule is Cc1ccc(S(=O)(=O)N(C)C)cc1NC(=O)CSc1nnc(-c2ccccc2F)n1CC(C)C. The molecule has 0 radical (unpaired) electrons. The quantitative estimate of drug-likeness (QED) is 0.441. The van der Waals surface area contributed by atoms with Gasteiger partial charge in [-0.2, -0.15) is 0 Å². The van der Waals surface area contributed by atoms with Crippen LogP contribution in [0.2, 0.25) is 0 Å². The van der Waals surface area contributed by atoms with E-state index in [1.54, 1.807) is 31.2 Å². The molecular formula is C23H28FN5O3S2. The van der Waals surface area contributed by atoms with Gasteiger partial charge >= 0.3 is 0 Å². The normalized spacial score (nSPS) is 11.9. The zero-order valence-electron chi connectivity index (χ0n) is 19.7. The third kappa shape index (κ3) is 5.83. The Hall–Kier alpha value is -2.76. The number of benzene rings is 2. The number of nitrogens with zero attached hydrogens (tertiary/aromatic N) is 4. The fourth-order valence-corrected chi connectivity index (χ4v) is 4.87. The number of nitrogens with one attached hydrogen (secondary N) is 1. The predicted molar refractivity (Wildman–Crippen MR) is 132 cm³/mol. The van der Waals surface area contributed by atoms with Crippen molar-refractivity contribution in [3.05, 3.63) is 53.8 Å². The van der Waals surface area contributed by atoms with Crippen molar-refractivity contribution in [1.82, 2.24) is 19.1 Å². The molecule has 0 saturated heterocycles. The topological polar surface area (TPSA) is 97.2 Å². The Morgan fingerprint density at radius 2 is 1.88 bits per heavy atom. The van der Waals surface area contributed by atoms with Crippen LogP contribution in [-0.4, -0.2) is 53.2 Å². The predicted octanol–water partition coefficient (Wildman–Crippen LogP) is 4.03. The molecule has 1 aromatic heterocycles. The monoisotopic (exact) mass is 505 g/mol. The number of sulfonamides is 1. The van der Waals surface area contributed by atoms with Crippen molar-refractivity contribution in [2.45, 2.75) is 37.4 Å². The molecule has 1 N–H and O–H groups in total. The van der Waals surface area contributed by atoms with Gasteiger partial charge in [-0.25, -0.2) is 17.1 Å². The minimum atomic E-state index is -3.63. The molecule has 0 aliphatic rings. The molecule has 0 atom stereocenters. The highest BCUT2D eigenvalue weighted by Gasteiger charge is 2.21. The van der Waals surface area contributed by atoms with E-state index in [0.717, 1.165) is 9.87 Å². The van der Waals surface area contributed by atoms with Crippen LogP contribution in [-0.2, 0) is 21.4 Å². The van der Waals surface area contributed by atoms with Gasteiger partial charge in [0.2, 0.25) is 15.9 Å². The summed E-state index contributed by atoms with van der Waals surface area (Å²) in [6.07, 6.45) is 0. The van der Waals surface area contributed by atoms with Crippen LogP contribution in [0.5, 0.6) is 0 Å². The number of anilines is 1. The van der Waals surface area contributed by atoms with Crippen molar-refractivity contribution in [2.75, 3.05) is 25.2 Å². The highest BCUT2D eigenvalue weighted by atomic mass is 32.2. The maximum atomic E-state index is 14.4. The molecule has 34 heavy (non-hydrogen) atoms. The first-order valence-electron chi connectivity index (χ1n) is 10.6. The van der Waals surface area contributed by atoms with Gasteiger partial charge in [0.05, 0.1) is 16.2 Å². The molecule has 1 heterocycles. The van der Waals surface area contributed by atoms with Crippen LogP contribution in [0.4, 0.5) is 10.1 Å². The molecule has 8 nitrogen and oxygen atoms in total. The fraction of sp³-hybridized carbons (Fsp3) is 0.348. The lowest BCUT2D eigenvalue weighted by atomic mass is 10.2. The van der Waals surface area contributed by atoms with Gasteiger partial charge in [0.15, 0.2) is 11.0 Å². The van der Waals surface area contributed by atoms with Gasteiger partial charge in [-0.15, -0.1) is 10.2 Å². The summed E-state index contributed by atoms with van der Waals surface area (Å²) >= 11 is 1.19. The molecule has 11 heteroatoms. The summed E-state index contributed by atoms with van der Waals surface area (Å²) in [7, 11) is -0.724. The van der Waals surface area contributed by atoms with Gasteiger partial charge < -0.3 is 9.88 Å². The Labute approximate surface area is 203 Å². The number of hydrogen-bond acceptors (Lipinski definition) is 6. The molecular weight excluding hydrogens is 477 g/mol. The number of hydrogen-bond donors (Lipinski definition) is 1. The summed E-state index contributed by atoms with van der Waals surface area (Å²) in [5.74, 6) is -0.0282. The van der Waals surface area contributed by atoms with Crippen molar-refractivity contribution in [3.8, 4) is 11.4 Å². The van der Waals surface area contributed by atoms with Gasteiger partial charge in [0.25, 0.3) is 0 Å². The van der Waals surface area contributed by atoms with E-state index in [4.69, 9.17) is 0 Å². The van der Waals surface area contributed by atoms with Gasteiger partial charge in [0.1, 0.15) is 5.82 Å². The number of amides is 1. The maximum absolute atomic E-state index is 14.4. The Balaban J connectivity index is 1.79. The van der Waals surface area contributed by atoms with Crippen molar-refractivity contribution in [3.63, 3.8) is 0 Å². The molecule has 0 bridgehead atoms. The maximum Gasteiger partial charge on any atom is 0.242 e. The number of halogens is 1. The minimum Gasteiger partial charge on any atom is -0.325 e. The largest absolute Gasteiger partial charge is 0.325 e. The van der Waals surface area contributed by atoms with Crippen LogP contribution in [0.15, 0.2) is 52.5 Å². The second-order valence-corrected chi connectivity index (χ2v) is 11.5. The molecule has 0 fully saturated rings. The van der Waals surface area contributed by atoms with E-state index in [-0.39, 0.29) is 22.5 Å². The number of thioether (sulfide) groups is 1. The van der Waals surface area contributed by atoms with Crippen molar-refractivity contribution in [2.24, 2.45) is 5.92 Å². The van der Waals surface area contributed by atoms with Crippen molar-refractivity contribution >= 4 is 33.4 Å². The summed E-state index contributed by atoms with van der Waals surface area (Å²) in [5.41, 5.74) is 1.51. The van der Waals surface area contributed by atoms with Crippen LogP contribution in [0.25, 0.3) is 11.4 Å². The minimum absolute atomic E-state index is 0.0254. The molecule has 3 rings (SSSR count). The smallest absolute Gasteiger partial charge is 0.242 e. The summed E-state index contributed by atoms with van der Waals surface area (Å²) in [6, 6.07) is 11.0. The third-order valence-electron chi connectivity index (χ3n) is 4.97. The average molecular weight is 506 g/mol. The number of rotatable bonds is 9. The Morgan fingerprint density at radius 3 is 2.53 bits per heavy atom. The van der Waals surface area contributed by atoms with E-state index >= 15 is 0 Å². The van der Waals surface area contributed by atoms with E-state index in [1.165, 1.54) is 44.1 Å². The van der Waals surface area contributed by atoms with E-state index in [1.807, 2.05) is 18.4 Å². The van der Waals surface area contributed by atoms with Crippen LogP contribution in [0.3, 0.4) is 0 Å². The van der Waals surface area contributed by atoms with Crippen LogP contribution >= 0.6 is 11.8 Å². The highest BCUT2D eigenvalue weighted by Crippen LogP contribution is 2.27. The zero-order valence-corrected chi connectivity index (χ0v) is 21.4. The lowest BCUT2D eigenvalue weighted by Crippen LogP contribution is -2.22. The van der Waals surface area contributed by atoms with E-state index in [0.29, 0.717) is 28.8 Å². The third-order valence-corrected chi connectivity index (χ3v) is 7.75. The first kappa shape index (κ1) is 25.9. The first-order chi connectivity index (χ1) is 16.0. The van der Waals surface area contributed by atoms with E-state index in [2.05, 4.69) is 15.5 Å². The highest BCUT2D eigenvalue weighted by molar-refractivity contribution is 7.99. The van der Waals surface area contributed by atoms with Gasteiger partial charge in [-0.05, 0) is 42.7 Å². The Bertz CT molecular complexity index is 1290. The standard InChI is InChI=1S/C23H28FN5O3S2/c1-15(2)13-29-22(18-8-6-7-9-19(18)24)26-27-23(29)33-14-21(30)25-20-12-17(11-10-16(20)3)34(31,32)28(4)5/h6-12,15H,13-14H2,1-5H3,(H,25,30). The summed E-state index contributed by atoms with van der Waals surface area (Å²) < 4.78 is 42.1. The lowest BCUT2D eigenvalue weighted by Gasteiger charge is -2.15. The molecule has 0 aliphatic carbocycles. The van der Waals surface area contributed by atoms with Crippen LogP contribution < -0.4 is 5.32 Å². The molecule has 182 valence electrons. The first-order valence-corrected chi connectivity index (χ1v) is 13.1. The number of carbonyl (C=O) groups excluding carboxylic acids is 1. The molecule has 1 amide bonds. The number of carbonyl (C=O) groups is 1. The Kier molecular flexibility index (Phi) is 8.11. The number of aromatic nitrogens is 3. The van der Waals surface area contributed by atoms with Gasteiger partial charge in [0, 0.05) is 26.3 Å². The Morgan fingerprint density at radius 1 is 1.18 bits per heavy atom.